The Morgan fingerprint density at radius 2 is 1.91 bits per heavy atom. The normalized spacial score (nSPS) is 10.2. The molecule has 23 heavy (non-hydrogen) atoms. The molecule has 5 heteroatoms. The molecule has 0 aliphatic carbocycles. The molecule has 0 radical (unpaired) electrons. The first kappa shape index (κ1) is 17.2. The summed E-state index contributed by atoms with van der Waals surface area (Å²) in [6, 6.07) is 12.9. The van der Waals surface area contributed by atoms with Gasteiger partial charge in [-0.3, -0.25) is 4.79 Å². The number of methoxy groups -OCH3 is 1. The second-order valence-corrected chi connectivity index (χ2v) is 5.55. The Kier molecular flexibility index (Phi) is 6.29. The number of carbonyl (C=O) groups is 1. The smallest absolute Gasteiger partial charge is 0.224 e. The topological polar surface area (TPSA) is 47.6 Å². The molecule has 4 nitrogen and oxygen atoms in total. The van der Waals surface area contributed by atoms with Crippen LogP contribution in [-0.2, 0) is 4.79 Å². The summed E-state index contributed by atoms with van der Waals surface area (Å²) in [5.41, 5.74) is 1.72. The van der Waals surface area contributed by atoms with Crippen molar-refractivity contribution >= 4 is 23.2 Å². The second kappa shape index (κ2) is 8.44. The lowest BCUT2D eigenvalue weighted by molar-refractivity contribution is -0.116. The molecular formula is C18H20ClNO3. The third-order valence-electron chi connectivity index (χ3n) is 3.35. The van der Waals surface area contributed by atoms with Crippen LogP contribution in [0.4, 0.5) is 5.69 Å². The zero-order valence-electron chi connectivity index (χ0n) is 13.3. The number of para-hydroxylation sites is 2. The lowest BCUT2D eigenvalue weighted by Crippen LogP contribution is -2.13. The van der Waals surface area contributed by atoms with Crippen LogP contribution in [0.3, 0.4) is 0 Å². The monoisotopic (exact) mass is 333 g/mol. The number of rotatable bonds is 7. The van der Waals surface area contributed by atoms with Crippen LogP contribution in [0.2, 0.25) is 5.02 Å². The number of benzene rings is 2. The van der Waals surface area contributed by atoms with Gasteiger partial charge in [-0.1, -0.05) is 29.8 Å². The van der Waals surface area contributed by atoms with Gasteiger partial charge in [-0.05, 0) is 43.2 Å². The van der Waals surface area contributed by atoms with Gasteiger partial charge in [0.05, 0.1) is 13.7 Å². The fourth-order valence-electron chi connectivity index (χ4n) is 2.09. The number of hydrogen-bond donors (Lipinski definition) is 1. The third kappa shape index (κ3) is 5.18. The average Bonchev–Trinajstić information content (AvgIpc) is 2.55. The Morgan fingerprint density at radius 1 is 1.17 bits per heavy atom. The number of anilines is 1. The molecule has 0 unspecified atom stereocenters. The molecule has 2 aromatic rings. The van der Waals surface area contributed by atoms with Crippen molar-refractivity contribution in [3.8, 4) is 11.5 Å². The summed E-state index contributed by atoms with van der Waals surface area (Å²) in [7, 11) is 1.60. The molecule has 2 rings (SSSR count). The Bertz CT molecular complexity index is 673. The second-order valence-electron chi connectivity index (χ2n) is 5.11. The van der Waals surface area contributed by atoms with E-state index < -0.39 is 0 Å². The van der Waals surface area contributed by atoms with E-state index in [2.05, 4.69) is 5.32 Å². The maximum absolute atomic E-state index is 12.0. The van der Waals surface area contributed by atoms with Gasteiger partial charge in [-0.15, -0.1) is 0 Å². The fraction of sp³-hybridized carbons (Fsp3) is 0.278. The van der Waals surface area contributed by atoms with Crippen molar-refractivity contribution in [2.24, 2.45) is 0 Å². The Labute approximate surface area is 141 Å². The van der Waals surface area contributed by atoms with Crippen LogP contribution in [0.15, 0.2) is 42.5 Å². The summed E-state index contributed by atoms with van der Waals surface area (Å²) in [6.07, 6.45) is 0.991. The average molecular weight is 334 g/mol. The quantitative estimate of drug-likeness (QED) is 0.761. The maximum Gasteiger partial charge on any atom is 0.224 e. The molecule has 1 N–H and O–H groups in total. The highest BCUT2D eigenvalue weighted by Gasteiger charge is 2.07. The zero-order valence-corrected chi connectivity index (χ0v) is 14.0. The molecule has 2 aromatic carbocycles. The summed E-state index contributed by atoms with van der Waals surface area (Å²) in [4.78, 5) is 12.0. The number of nitrogens with one attached hydrogen (secondary N) is 1. The zero-order chi connectivity index (χ0) is 16.7. The van der Waals surface area contributed by atoms with Gasteiger partial charge < -0.3 is 14.8 Å². The minimum Gasteiger partial charge on any atom is -0.493 e. The number of ether oxygens (including phenoxy) is 2. The number of hydrogen-bond acceptors (Lipinski definition) is 3. The van der Waals surface area contributed by atoms with Crippen LogP contribution in [0.25, 0.3) is 0 Å². The first-order valence-corrected chi connectivity index (χ1v) is 7.80. The Balaban J connectivity index is 1.78. The highest BCUT2D eigenvalue weighted by Crippen LogP contribution is 2.26. The van der Waals surface area contributed by atoms with E-state index in [9.17, 15) is 4.79 Å². The molecule has 0 saturated heterocycles. The van der Waals surface area contributed by atoms with Crippen molar-refractivity contribution in [1.82, 2.24) is 0 Å². The summed E-state index contributed by atoms with van der Waals surface area (Å²) < 4.78 is 10.9. The van der Waals surface area contributed by atoms with Gasteiger partial charge in [0, 0.05) is 17.1 Å². The molecule has 0 saturated carbocycles. The van der Waals surface area contributed by atoms with E-state index in [4.69, 9.17) is 21.1 Å². The molecule has 0 bridgehead atoms. The molecule has 0 fully saturated rings. The Hall–Kier alpha value is -2.20. The standard InChI is InChI=1S/C18H20ClNO3/c1-13-9-10-14(19)12-15(13)20-18(21)8-5-11-23-17-7-4-3-6-16(17)22-2/h3-4,6-7,9-10,12H,5,8,11H2,1-2H3,(H,20,21). The van der Waals surface area contributed by atoms with Crippen LogP contribution < -0.4 is 14.8 Å². The van der Waals surface area contributed by atoms with Crippen molar-refractivity contribution in [3.63, 3.8) is 0 Å². The maximum atomic E-state index is 12.0. The van der Waals surface area contributed by atoms with Gasteiger partial charge in [0.25, 0.3) is 0 Å². The van der Waals surface area contributed by atoms with Crippen LogP contribution in [-0.4, -0.2) is 19.6 Å². The van der Waals surface area contributed by atoms with Gasteiger partial charge in [0.15, 0.2) is 11.5 Å². The van der Waals surface area contributed by atoms with Gasteiger partial charge in [0.1, 0.15) is 0 Å². The van der Waals surface area contributed by atoms with E-state index in [1.165, 1.54) is 0 Å². The van der Waals surface area contributed by atoms with Gasteiger partial charge in [-0.2, -0.15) is 0 Å². The minimum absolute atomic E-state index is 0.0565. The molecule has 0 aliphatic heterocycles. The molecular weight excluding hydrogens is 314 g/mol. The molecule has 122 valence electrons. The minimum atomic E-state index is -0.0565. The number of amides is 1. The summed E-state index contributed by atoms with van der Waals surface area (Å²) in [6.45, 7) is 2.37. The first-order chi connectivity index (χ1) is 11.1. The van der Waals surface area contributed by atoms with E-state index in [1.54, 1.807) is 19.2 Å². The van der Waals surface area contributed by atoms with E-state index in [-0.39, 0.29) is 5.91 Å². The number of halogens is 1. The molecule has 0 heterocycles. The fourth-order valence-corrected chi connectivity index (χ4v) is 2.27. The van der Waals surface area contributed by atoms with E-state index >= 15 is 0 Å². The molecule has 0 aliphatic rings. The van der Waals surface area contributed by atoms with Crippen molar-refractivity contribution in [3.05, 3.63) is 53.1 Å². The van der Waals surface area contributed by atoms with E-state index in [0.717, 1.165) is 11.3 Å². The predicted octanol–water partition coefficient (Wildman–Crippen LogP) is 4.45. The Morgan fingerprint density at radius 3 is 2.65 bits per heavy atom. The number of aryl methyl sites for hydroxylation is 1. The van der Waals surface area contributed by atoms with Gasteiger partial charge >= 0.3 is 0 Å². The van der Waals surface area contributed by atoms with Crippen molar-refractivity contribution < 1.29 is 14.3 Å². The molecule has 0 spiro atoms. The van der Waals surface area contributed by atoms with Crippen LogP contribution in [0.5, 0.6) is 11.5 Å². The summed E-state index contributed by atoms with van der Waals surface area (Å²) in [5, 5.41) is 3.47. The van der Waals surface area contributed by atoms with Crippen molar-refractivity contribution in [1.29, 1.82) is 0 Å². The predicted molar refractivity (Wildman–Crippen MR) is 92.5 cm³/mol. The van der Waals surface area contributed by atoms with Crippen molar-refractivity contribution in [2.45, 2.75) is 19.8 Å². The highest BCUT2D eigenvalue weighted by molar-refractivity contribution is 6.31. The van der Waals surface area contributed by atoms with Crippen LogP contribution in [0, 0.1) is 6.92 Å². The molecule has 0 aromatic heterocycles. The third-order valence-corrected chi connectivity index (χ3v) is 3.58. The lowest BCUT2D eigenvalue weighted by atomic mass is 10.2. The largest absolute Gasteiger partial charge is 0.493 e. The van der Waals surface area contributed by atoms with E-state index in [1.807, 2.05) is 37.3 Å². The van der Waals surface area contributed by atoms with Crippen molar-refractivity contribution in [2.75, 3.05) is 19.0 Å². The van der Waals surface area contributed by atoms with E-state index in [0.29, 0.717) is 36.0 Å². The van der Waals surface area contributed by atoms with Gasteiger partial charge in [-0.25, -0.2) is 0 Å². The van der Waals surface area contributed by atoms with Crippen LogP contribution >= 0.6 is 11.6 Å². The number of carbonyl (C=O) groups excluding carboxylic acids is 1. The summed E-state index contributed by atoms with van der Waals surface area (Å²) in [5.74, 6) is 1.31. The first-order valence-electron chi connectivity index (χ1n) is 7.42. The lowest BCUT2D eigenvalue weighted by Gasteiger charge is -2.11. The van der Waals surface area contributed by atoms with Gasteiger partial charge in [0.2, 0.25) is 5.91 Å². The SMILES string of the molecule is COc1ccccc1OCCCC(=O)Nc1cc(Cl)ccc1C. The summed E-state index contributed by atoms with van der Waals surface area (Å²) >= 11 is 5.94. The molecule has 0 atom stereocenters. The highest BCUT2D eigenvalue weighted by atomic mass is 35.5. The van der Waals surface area contributed by atoms with Crippen LogP contribution in [0.1, 0.15) is 18.4 Å². The molecule has 1 amide bonds.